The van der Waals surface area contributed by atoms with Gasteiger partial charge in [0.1, 0.15) is 0 Å². The molecule has 0 fully saturated rings. The standard InChI is InChI=1S/C28H21ClN2O2/c29-23-16-12-20(13-17-23)10-11-21-14-18-24(19-15-21)30-28(33)25-8-4-5-9-26(25)31-27(32)22-6-2-1-3-7-22/h1-19H,(H,30,33)(H,31,32)/b11-10+. The van der Waals surface area contributed by atoms with Crippen molar-refractivity contribution in [2.24, 2.45) is 0 Å². The summed E-state index contributed by atoms with van der Waals surface area (Å²) in [5.74, 6) is -0.573. The van der Waals surface area contributed by atoms with E-state index in [1.54, 1.807) is 48.5 Å². The minimum absolute atomic E-state index is 0.271. The Morgan fingerprint density at radius 3 is 1.85 bits per heavy atom. The Morgan fingerprint density at radius 2 is 1.18 bits per heavy atom. The minimum atomic E-state index is -0.302. The zero-order valence-electron chi connectivity index (χ0n) is 17.7. The largest absolute Gasteiger partial charge is 0.322 e. The average Bonchev–Trinajstić information content (AvgIpc) is 2.85. The van der Waals surface area contributed by atoms with Crippen molar-refractivity contribution in [2.45, 2.75) is 0 Å². The van der Waals surface area contributed by atoms with E-state index in [0.717, 1.165) is 11.1 Å². The third-order valence-electron chi connectivity index (χ3n) is 4.96. The number of halogens is 1. The second-order valence-electron chi connectivity index (χ2n) is 7.33. The first-order valence-corrected chi connectivity index (χ1v) is 10.8. The third-order valence-corrected chi connectivity index (χ3v) is 5.21. The topological polar surface area (TPSA) is 58.2 Å². The van der Waals surface area contributed by atoms with Gasteiger partial charge in [-0.15, -0.1) is 0 Å². The molecule has 4 aromatic rings. The molecule has 4 nitrogen and oxygen atoms in total. The molecule has 2 N–H and O–H groups in total. The summed E-state index contributed by atoms with van der Waals surface area (Å²) >= 11 is 5.92. The Hall–Kier alpha value is -4.15. The average molecular weight is 453 g/mol. The van der Waals surface area contributed by atoms with Crippen molar-refractivity contribution in [3.05, 3.63) is 130 Å². The van der Waals surface area contributed by atoms with Crippen molar-refractivity contribution >= 4 is 46.9 Å². The van der Waals surface area contributed by atoms with Gasteiger partial charge >= 0.3 is 0 Å². The quantitative estimate of drug-likeness (QED) is 0.309. The molecule has 4 aromatic carbocycles. The van der Waals surface area contributed by atoms with Crippen LogP contribution in [-0.2, 0) is 0 Å². The Balaban J connectivity index is 1.43. The molecule has 0 spiro atoms. The van der Waals surface area contributed by atoms with Gasteiger partial charge in [-0.05, 0) is 59.7 Å². The third kappa shape index (κ3) is 5.97. The van der Waals surface area contributed by atoms with Crippen LogP contribution in [0.25, 0.3) is 12.2 Å². The SMILES string of the molecule is O=C(Nc1ccccc1C(=O)Nc1ccc(/C=C/c2ccc(Cl)cc2)cc1)c1ccccc1. The van der Waals surface area contributed by atoms with Crippen LogP contribution < -0.4 is 10.6 Å². The van der Waals surface area contributed by atoms with Crippen LogP contribution in [0.5, 0.6) is 0 Å². The van der Waals surface area contributed by atoms with Gasteiger partial charge in [-0.1, -0.05) is 78.4 Å². The van der Waals surface area contributed by atoms with E-state index in [1.165, 1.54) is 0 Å². The van der Waals surface area contributed by atoms with Crippen molar-refractivity contribution in [2.75, 3.05) is 10.6 Å². The van der Waals surface area contributed by atoms with Crippen LogP contribution in [0.2, 0.25) is 5.02 Å². The molecule has 0 aromatic heterocycles. The molecule has 0 saturated heterocycles. The van der Waals surface area contributed by atoms with E-state index < -0.39 is 0 Å². The van der Waals surface area contributed by atoms with Crippen LogP contribution in [0.15, 0.2) is 103 Å². The van der Waals surface area contributed by atoms with E-state index >= 15 is 0 Å². The smallest absolute Gasteiger partial charge is 0.257 e. The number of nitrogens with one attached hydrogen (secondary N) is 2. The summed E-state index contributed by atoms with van der Waals surface area (Å²) < 4.78 is 0. The number of amides is 2. The van der Waals surface area contributed by atoms with Crippen LogP contribution in [0, 0.1) is 0 Å². The Bertz CT molecular complexity index is 1280. The van der Waals surface area contributed by atoms with E-state index in [4.69, 9.17) is 11.6 Å². The molecule has 0 unspecified atom stereocenters. The van der Waals surface area contributed by atoms with E-state index in [-0.39, 0.29) is 11.8 Å². The molecule has 0 radical (unpaired) electrons. The predicted molar refractivity (Wildman–Crippen MR) is 136 cm³/mol. The van der Waals surface area contributed by atoms with Gasteiger partial charge in [-0.2, -0.15) is 0 Å². The van der Waals surface area contributed by atoms with Gasteiger partial charge in [0.05, 0.1) is 11.3 Å². The Labute approximate surface area is 197 Å². The summed E-state index contributed by atoms with van der Waals surface area (Å²) in [5.41, 5.74) is 4.06. The van der Waals surface area contributed by atoms with Gasteiger partial charge in [-0.3, -0.25) is 9.59 Å². The Kier molecular flexibility index (Phi) is 6.98. The molecular formula is C28H21ClN2O2. The molecule has 0 bridgehead atoms. The van der Waals surface area contributed by atoms with E-state index in [1.807, 2.05) is 66.7 Å². The fourth-order valence-electron chi connectivity index (χ4n) is 3.22. The second-order valence-corrected chi connectivity index (χ2v) is 7.76. The zero-order chi connectivity index (χ0) is 23.0. The Morgan fingerprint density at radius 1 is 0.606 bits per heavy atom. The summed E-state index contributed by atoms with van der Waals surface area (Å²) in [5, 5.41) is 6.41. The zero-order valence-corrected chi connectivity index (χ0v) is 18.4. The van der Waals surface area contributed by atoms with Crippen molar-refractivity contribution in [1.29, 1.82) is 0 Å². The van der Waals surface area contributed by atoms with Crippen LogP contribution in [0.3, 0.4) is 0 Å². The molecule has 162 valence electrons. The molecule has 0 heterocycles. The summed E-state index contributed by atoms with van der Waals surface area (Å²) in [6.07, 6.45) is 3.98. The number of para-hydroxylation sites is 1. The molecule has 0 saturated carbocycles. The van der Waals surface area contributed by atoms with Crippen LogP contribution in [-0.4, -0.2) is 11.8 Å². The van der Waals surface area contributed by atoms with Gasteiger partial charge in [0.2, 0.25) is 0 Å². The lowest BCUT2D eigenvalue weighted by atomic mass is 10.1. The monoisotopic (exact) mass is 452 g/mol. The van der Waals surface area contributed by atoms with Gasteiger partial charge in [-0.25, -0.2) is 0 Å². The van der Waals surface area contributed by atoms with Crippen molar-refractivity contribution < 1.29 is 9.59 Å². The number of anilines is 2. The molecule has 0 atom stereocenters. The molecular weight excluding hydrogens is 432 g/mol. The number of carbonyl (C=O) groups excluding carboxylic acids is 2. The second kappa shape index (κ2) is 10.4. The maximum atomic E-state index is 12.9. The number of carbonyl (C=O) groups is 2. The number of rotatable bonds is 6. The van der Waals surface area contributed by atoms with Crippen molar-refractivity contribution in [3.8, 4) is 0 Å². The predicted octanol–water partition coefficient (Wildman–Crippen LogP) is 7.02. The molecule has 0 aliphatic heterocycles. The fraction of sp³-hybridized carbons (Fsp3) is 0. The number of hydrogen-bond donors (Lipinski definition) is 2. The first-order chi connectivity index (χ1) is 16.1. The lowest BCUT2D eigenvalue weighted by Gasteiger charge is -2.12. The van der Waals surface area contributed by atoms with E-state index in [2.05, 4.69) is 10.6 Å². The number of hydrogen-bond acceptors (Lipinski definition) is 2. The summed E-state index contributed by atoms with van der Waals surface area (Å²) in [6, 6.07) is 30.9. The minimum Gasteiger partial charge on any atom is -0.322 e. The van der Waals surface area contributed by atoms with Crippen LogP contribution >= 0.6 is 11.6 Å². The summed E-state index contributed by atoms with van der Waals surface area (Å²) in [6.45, 7) is 0. The molecule has 33 heavy (non-hydrogen) atoms. The van der Waals surface area contributed by atoms with Crippen LogP contribution in [0.4, 0.5) is 11.4 Å². The maximum Gasteiger partial charge on any atom is 0.257 e. The number of benzene rings is 4. The van der Waals surface area contributed by atoms with Crippen LogP contribution in [0.1, 0.15) is 31.8 Å². The highest BCUT2D eigenvalue weighted by molar-refractivity contribution is 6.30. The van der Waals surface area contributed by atoms with E-state index in [0.29, 0.717) is 27.5 Å². The molecule has 0 aliphatic carbocycles. The first kappa shape index (κ1) is 22.1. The normalized spacial score (nSPS) is 10.7. The summed E-state index contributed by atoms with van der Waals surface area (Å²) in [7, 11) is 0. The molecule has 2 amide bonds. The highest BCUT2D eigenvalue weighted by atomic mass is 35.5. The highest BCUT2D eigenvalue weighted by Gasteiger charge is 2.14. The maximum absolute atomic E-state index is 12.9. The highest BCUT2D eigenvalue weighted by Crippen LogP contribution is 2.20. The summed E-state index contributed by atoms with van der Waals surface area (Å²) in [4.78, 5) is 25.4. The molecule has 5 heteroatoms. The lowest BCUT2D eigenvalue weighted by molar-refractivity contribution is 0.102. The fourth-order valence-corrected chi connectivity index (χ4v) is 3.34. The van der Waals surface area contributed by atoms with Gasteiger partial charge in [0.15, 0.2) is 0 Å². The van der Waals surface area contributed by atoms with Crippen molar-refractivity contribution in [1.82, 2.24) is 0 Å². The van der Waals surface area contributed by atoms with Gasteiger partial charge in [0, 0.05) is 16.3 Å². The first-order valence-electron chi connectivity index (χ1n) is 10.4. The molecule has 0 aliphatic rings. The van der Waals surface area contributed by atoms with E-state index in [9.17, 15) is 9.59 Å². The molecule has 4 rings (SSSR count). The van der Waals surface area contributed by atoms with Gasteiger partial charge in [0.25, 0.3) is 11.8 Å². The van der Waals surface area contributed by atoms with Crippen molar-refractivity contribution in [3.63, 3.8) is 0 Å². The lowest BCUT2D eigenvalue weighted by Crippen LogP contribution is -2.18. The van der Waals surface area contributed by atoms with Gasteiger partial charge < -0.3 is 10.6 Å².